The fourth-order valence-electron chi connectivity index (χ4n) is 3.07. The van der Waals surface area contributed by atoms with E-state index in [1.807, 2.05) is 36.6 Å². The SMILES string of the molecule is CSNc1cccc(-c2ncn(CC(F)F)c2-c2ccc3ncc(C#N)n3n2)c1. The fourth-order valence-corrected chi connectivity index (χ4v) is 3.44. The van der Waals surface area contributed by atoms with Crippen LogP contribution in [0.5, 0.6) is 0 Å². The number of halogens is 2. The van der Waals surface area contributed by atoms with Gasteiger partial charge in [-0.15, -0.1) is 0 Å². The van der Waals surface area contributed by atoms with Crippen molar-refractivity contribution in [3.05, 3.63) is 54.6 Å². The number of rotatable bonds is 6. The first-order valence-electron chi connectivity index (χ1n) is 8.58. The van der Waals surface area contributed by atoms with Crippen molar-refractivity contribution in [2.24, 2.45) is 0 Å². The summed E-state index contributed by atoms with van der Waals surface area (Å²) in [7, 11) is 0. The molecule has 0 saturated carbocycles. The molecule has 0 aliphatic carbocycles. The minimum Gasteiger partial charge on any atom is -0.330 e. The lowest BCUT2D eigenvalue weighted by Crippen LogP contribution is -2.08. The first kappa shape index (κ1) is 18.9. The van der Waals surface area contributed by atoms with Crippen molar-refractivity contribution in [1.29, 1.82) is 5.26 Å². The van der Waals surface area contributed by atoms with E-state index >= 15 is 0 Å². The van der Waals surface area contributed by atoms with Crippen molar-refractivity contribution in [2.75, 3.05) is 11.0 Å². The van der Waals surface area contributed by atoms with Crippen LogP contribution in [0, 0.1) is 11.3 Å². The van der Waals surface area contributed by atoms with Crippen LogP contribution in [0.3, 0.4) is 0 Å². The van der Waals surface area contributed by atoms with Crippen LogP contribution >= 0.6 is 11.9 Å². The average molecular weight is 411 g/mol. The van der Waals surface area contributed by atoms with Gasteiger partial charge in [-0.05, 0) is 24.3 Å². The van der Waals surface area contributed by atoms with Crippen LogP contribution in [-0.2, 0) is 6.54 Å². The van der Waals surface area contributed by atoms with Crippen LogP contribution in [-0.4, -0.2) is 36.8 Å². The van der Waals surface area contributed by atoms with Gasteiger partial charge in [-0.1, -0.05) is 24.1 Å². The zero-order valence-corrected chi connectivity index (χ0v) is 16.1. The Morgan fingerprint density at radius 3 is 2.86 bits per heavy atom. The van der Waals surface area contributed by atoms with Gasteiger partial charge in [0.2, 0.25) is 0 Å². The molecule has 0 radical (unpaired) electrons. The Morgan fingerprint density at radius 2 is 2.10 bits per heavy atom. The maximum absolute atomic E-state index is 13.2. The molecule has 0 spiro atoms. The van der Waals surface area contributed by atoms with Crippen molar-refractivity contribution < 1.29 is 8.78 Å². The lowest BCUT2D eigenvalue weighted by molar-refractivity contribution is 0.127. The molecule has 3 aromatic heterocycles. The molecule has 7 nitrogen and oxygen atoms in total. The molecule has 0 fully saturated rings. The number of nitrogens with one attached hydrogen (secondary N) is 1. The standard InChI is InChI=1S/C19H15F2N7S/c1-29-26-13-4-2-3-12(7-13)18-19(27(11-24-18)10-16(20)21)15-5-6-17-23-9-14(8-22)28(17)25-15/h2-7,9,11,16,26H,10H2,1H3. The molecule has 0 unspecified atom stereocenters. The Balaban J connectivity index is 1.90. The number of anilines is 1. The third-order valence-corrected chi connectivity index (χ3v) is 4.69. The smallest absolute Gasteiger partial charge is 0.256 e. The zero-order chi connectivity index (χ0) is 20.4. The largest absolute Gasteiger partial charge is 0.330 e. The van der Waals surface area contributed by atoms with Gasteiger partial charge in [-0.25, -0.2) is 23.3 Å². The average Bonchev–Trinajstić information content (AvgIpc) is 3.31. The maximum Gasteiger partial charge on any atom is 0.256 e. The van der Waals surface area contributed by atoms with E-state index in [9.17, 15) is 14.0 Å². The molecule has 10 heteroatoms. The van der Waals surface area contributed by atoms with Gasteiger partial charge >= 0.3 is 0 Å². The molecule has 4 aromatic rings. The molecule has 29 heavy (non-hydrogen) atoms. The lowest BCUT2D eigenvalue weighted by atomic mass is 10.1. The normalized spacial score (nSPS) is 11.1. The first-order chi connectivity index (χ1) is 14.1. The van der Waals surface area contributed by atoms with Gasteiger partial charge in [0.25, 0.3) is 6.43 Å². The fraction of sp³-hybridized carbons (Fsp3) is 0.158. The van der Waals surface area contributed by atoms with Crippen LogP contribution in [0.15, 0.2) is 48.9 Å². The van der Waals surface area contributed by atoms with Gasteiger partial charge in [0, 0.05) is 17.5 Å². The van der Waals surface area contributed by atoms with Crippen molar-refractivity contribution in [2.45, 2.75) is 13.0 Å². The summed E-state index contributed by atoms with van der Waals surface area (Å²) in [5, 5.41) is 13.7. The predicted octanol–water partition coefficient (Wildman–Crippen LogP) is 4.09. The van der Waals surface area contributed by atoms with Gasteiger partial charge in [0.1, 0.15) is 11.8 Å². The van der Waals surface area contributed by atoms with E-state index in [0.29, 0.717) is 22.7 Å². The molecule has 0 amide bonds. The second-order valence-electron chi connectivity index (χ2n) is 6.12. The highest BCUT2D eigenvalue weighted by molar-refractivity contribution is 7.99. The Morgan fingerprint density at radius 1 is 1.24 bits per heavy atom. The summed E-state index contributed by atoms with van der Waals surface area (Å²) in [5.41, 5.74) is 3.79. The number of imidazole rings is 2. The Kier molecular flexibility index (Phi) is 5.14. The Bertz CT molecular complexity index is 1210. The number of fused-ring (bicyclic) bond motifs is 1. The number of alkyl halides is 2. The van der Waals surface area contributed by atoms with E-state index in [2.05, 4.69) is 19.8 Å². The van der Waals surface area contributed by atoms with Gasteiger partial charge < -0.3 is 9.29 Å². The van der Waals surface area contributed by atoms with E-state index in [1.54, 1.807) is 12.1 Å². The molecule has 1 N–H and O–H groups in total. The summed E-state index contributed by atoms with van der Waals surface area (Å²) in [6, 6.07) is 12.9. The van der Waals surface area contributed by atoms with Crippen LogP contribution in [0.1, 0.15) is 5.69 Å². The summed E-state index contributed by atoms with van der Waals surface area (Å²) in [6.45, 7) is -0.514. The minimum atomic E-state index is -2.55. The lowest BCUT2D eigenvalue weighted by Gasteiger charge is -2.11. The Labute approximate surface area is 169 Å². The molecule has 0 bridgehead atoms. The summed E-state index contributed by atoms with van der Waals surface area (Å²) >= 11 is 1.45. The summed E-state index contributed by atoms with van der Waals surface area (Å²) in [6.07, 6.45) is 2.16. The van der Waals surface area contributed by atoms with E-state index in [4.69, 9.17) is 0 Å². The van der Waals surface area contributed by atoms with Gasteiger partial charge in [-0.2, -0.15) is 10.4 Å². The number of aromatic nitrogens is 5. The molecular weight excluding hydrogens is 396 g/mol. The van der Waals surface area contributed by atoms with Crippen LogP contribution in [0.2, 0.25) is 0 Å². The van der Waals surface area contributed by atoms with Crippen LogP contribution in [0.25, 0.3) is 28.3 Å². The molecule has 3 heterocycles. The third kappa shape index (κ3) is 3.64. The van der Waals surface area contributed by atoms with Crippen molar-refractivity contribution in [3.63, 3.8) is 0 Å². The van der Waals surface area contributed by atoms with Gasteiger partial charge in [-0.3, -0.25) is 0 Å². The van der Waals surface area contributed by atoms with Crippen LogP contribution < -0.4 is 4.72 Å². The predicted molar refractivity (Wildman–Crippen MR) is 108 cm³/mol. The van der Waals surface area contributed by atoms with Crippen molar-refractivity contribution >= 4 is 23.3 Å². The monoisotopic (exact) mass is 411 g/mol. The molecule has 0 saturated heterocycles. The van der Waals surface area contributed by atoms with Crippen LogP contribution in [0.4, 0.5) is 14.5 Å². The van der Waals surface area contributed by atoms with E-state index in [1.165, 1.54) is 33.6 Å². The van der Waals surface area contributed by atoms with E-state index < -0.39 is 13.0 Å². The highest BCUT2D eigenvalue weighted by Crippen LogP contribution is 2.32. The van der Waals surface area contributed by atoms with E-state index in [0.717, 1.165) is 11.3 Å². The van der Waals surface area contributed by atoms with E-state index in [-0.39, 0.29) is 5.69 Å². The topological polar surface area (TPSA) is 83.8 Å². The van der Waals surface area contributed by atoms with Crippen molar-refractivity contribution in [3.8, 4) is 28.7 Å². The number of nitrogens with zero attached hydrogens (tertiary/aromatic N) is 6. The first-order valence-corrected chi connectivity index (χ1v) is 9.81. The molecule has 146 valence electrons. The zero-order valence-electron chi connectivity index (χ0n) is 15.3. The molecule has 0 aliphatic rings. The summed E-state index contributed by atoms with van der Waals surface area (Å²) in [5.74, 6) is 0. The Hall–Kier alpha value is -3.45. The highest BCUT2D eigenvalue weighted by Gasteiger charge is 2.20. The highest BCUT2D eigenvalue weighted by atomic mass is 32.2. The molecule has 0 aliphatic heterocycles. The molecule has 1 aromatic carbocycles. The summed E-state index contributed by atoms with van der Waals surface area (Å²) in [4.78, 5) is 8.51. The molecule has 4 rings (SSSR count). The second-order valence-corrected chi connectivity index (χ2v) is 6.73. The minimum absolute atomic E-state index is 0.259. The molecular formula is C19H15F2N7S. The second kappa shape index (κ2) is 7.89. The molecule has 0 atom stereocenters. The number of benzene rings is 1. The third-order valence-electron chi connectivity index (χ3n) is 4.25. The summed E-state index contributed by atoms with van der Waals surface area (Å²) < 4.78 is 32.3. The van der Waals surface area contributed by atoms with Gasteiger partial charge in [0.05, 0.1) is 30.5 Å². The maximum atomic E-state index is 13.2. The van der Waals surface area contributed by atoms with Gasteiger partial charge in [0.15, 0.2) is 11.3 Å². The quantitative estimate of drug-likeness (QED) is 0.481. The number of hydrogen-bond acceptors (Lipinski definition) is 6. The number of nitriles is 1. The number of hydrogen-bond donors (Lipinski definition) is 1. The van der Waals surface area contributed by atoms with Crippen molar-refractivity contribution in [1.82, 2.24) is 24.1 Å².